The van der Waals surface area contributed by atoms with E-state index in [0.29, 0.717) is 5.56 Å². The monoisotopic (exact) mass is 498 g/mol. The van der Waals surface area contributed by atoms with Crippen molar-refractivity contribution >= 4 is 40.4 Å². The Labute approximate surface area is 219 Å². The number of carbonyl (C=O) groups is 1. The Morgan fingerprint density at radius 3 is 1.59 bits per heavy atom. The lowest BCUT2D eigenvalue weighted by Gasteiger charge is -2.25. The lowest BCUT2D eigenvalue weighted by Crippen LogP contribution is -2.09. The van der Waals surface area contributed by atoms with Gasteiger partial charge in [-0.1, -0.05) is 72.8 Å². The quantitative estimate of drug-likeness (QED) is 0.180. The van der Waals surface area contributed by atoms with E-state index in [-0.39, 0.29) is 5.57 Å². The molecule has 0 bridgehead atoms. The van der Waals surface area contributed by atoms with E-state index >= 15 is 0 Å². The molecule has 0 fully saturated rings. The number of para-hydroxylation sites is 2. The molecular formula is C32H22N2O2S. The van der Waals surface area contributed by atoms with Gasteiger partial charge in [0.05, 0.1) is 0 Å². The Morgan fingerprint density at radius 1 is 0.676 bits per heavy atom. The van der Waals surface area contributed by atoms with Crippen LogP contribution in [-0.2, 0) is 4.79 Å². The number of carboxylic acid groups (broad SMARTS) is 1. The lowest BCUT2D eigenvalue weighted by molar-refractivity contribution is -0.132. The molecule has 0 atom stereocenters. The van der Waals surface area contributed by atoms with Crippen LogP contribution >= 0.6 is 11.3 Å². The summed E-state index contributed by atoms with van der Waals surface area (Å²) in [7, 11) is 0. The highest BCUT2D eigenvalue weighted by atomic mass is 32.1. The number of carboxylic acids is 1. The van der Waals surface area contributed by atoms with Crippen LogP contribution in [-0.4, -0.2) is 11.1 Å². The highest BCUT2D eigenvalue weighted by Crippen LogP contribution is 2.38. The Kier molecular flexibility index (Phi) is 6.93. The summed E-state index contributed by atoms with van der Waals surface area (Å²) in [6.45, 7) is 0. The minimum absolute atomic E-state index is 0.285. The highest BCUT2D eigenvalue weighted by Gasteiger charge is 2.13. The van der Waals surface area contributed by atoms with E-state index in [0.717, 1.165) is 37.9 Å². The van der Waals surface area contributed by atoms with Crippen LogP contribution in [0.1, 0.15) is 5.56 Å². The third-order valence-corrected chi connectivity index (χ3v) is 7.09. The van der Waals surface area contributed by atoms with Gasteiger partial charge in [0, 0.05) is 26.8 Å². The summed E-state index contributed by atoms with van der Waals surface area (Å²) in [5.74, 6) is -1.23. The summed E-state index contributed by atoms with van der Waals surface area (Å²) in [6, 6.07) is 42.7. The number of anilines is 3. The molecule has 4 nitrogen and oxygen atoms in total. The summed E-state index contributed by atoms with van der Waals surface area (Å²) in [5.41, 5.74) is 5.86. The van der Waals surface area contributed by atoms with Gasteiger partial charge in [-0.3, -0.25) is 0 Å². The van der Waals surface area contributed by atoms with Crippen LogP contribution in [0, 0.1) is 11.3 Å². The third-order valence-electron chi connectivity index (χ3n) is 5.90. The second-order valence-electron chi connectivity index (χ2n) is 8.31. The molecule has 0 aliphatic carbocycles. The minimum Gasteiger partial charge on any atom is -0.477 e. The second-order valence-corrected chi connectivity index (χ2v) is 9.40. The number of hydrogen-bond acceptors (Lipinski definition) is 4. The molecule has 1 heterocycles. The molecule has 1 aromatic heterocycles. The van der Waals surface area contributed by atoms with Gasteiger partial charge in [0.15, 0.2) is 0 Å². The average molecular weight is 499 g/mol. The van der Waals surface area contributed by atoms with Crippen molar-refractivity contribution in [2.45, 2.75) is 0 Å². The fraction of sp³-hybridized carbons (Fsp3) is 0. The van der Waals surface area contributed by atoms with Crippen molar-refractivity contribution < 1.29 is 9.90 Å². The van der Waals surface area contributed by atoms with E-state index in [1.807, 2.05) is 60.7 Å². The van der Waals surface area contributed by atoms with Gasteiger partial charge in [-0.2, -0.15) is 5.26 Å². The lowest BCUT2D eigenvalue weighted by atomic mass is 10.1. The smallest absolute Gasteiger partial charge is 0.346 e. The molecule has 0 amide bonds. The Bertz CT molecular complexity index is 1540. The summed E-state index contributed by atoms with van der Waals surface area (Å²) >= 11 is 1.70. The largest absolute Gasteiger partial charge is 0.477 e. The van der Waals surface area contributed by atoms with Gasteiger partial charge >= 0.3 is 5.97 Å². The molecule has 178 valence electrons. The fourth-order valence-electron chi connectivity index (χ4n) is 4.08. The van der Waals surface area contributed by atoms with Crippen molar-refractivity contribution in [2.75, 3.05) is 4.90 Å². The van der Waals surface area contributed by atoms with Gasteiger partial charge in [-0.15, -0.1) is 11.3 Å². The third kappa shape index (κ3) is 5.35. The molecule has 0 saturated heterocycles. The van der Waals surface area contributed by atoms with E-state index in [2.05, 4.69) is 65.6 Å². The molecule has 5 heteroatoms. The molecule has 0 aliphatic heterocycles. The van der Waals surface area contributed by atoms with Crippen LogP contribution in [0.2, 0.25) is 0 Å². The van der Waals surface area contributed by atoms with Gasteiger partial charge in [0.25, 0.3) is 0 Å². The number of hydrogen-bond donors (Lipinski definition) is 1. The van der Waals surface area contributed by atoms with E-state index in [1.54, 1.807) is 17.4 Å². The maximum Gasteiger partial charge on any atom is 0.346 e. The predicted octanol–water partition coefficient (Wildman–Crippen LogP) is 8.54. The van der Waals surface area contributed by atoms with E-state index in [1.165, 1.54) is 6.08 Å². The SMILES string of the molecule is N#CC(=Cc1ccc(-c2ccc(-c3ccc(N(c4ccccc4)c4ccccc4)cc3)s2)cc1)C(=O)O. The van der Waals surface area contributed by atoms with Gasteiger partial charge in [-0.25, -0.2) is 4.79 Å². The number of rotatable bonds is 7. The zero-order chi connectivity index (χ0) is 25.6. The maximum atomic E-state index is 11.1. The zero-order valence-corrected chi connectivity index (χ0v) is 20.6. The first kappa shape index (κ1) is 23.8. The molecule has 37 heavy (non-hydrogen) atoms. The van der Waals surface area contributed by atoms with Gasteiger partial charge in [-0.05, 0) is 71.3 Å². The zero-order valence-electron chi connectivity index (χ0n) is 19.8. The van der Waals surface area contributed by atoms with Crippen LogP contribution in [0.15, 0.2) is 127 Å². The highest BCUT2D eigenvalue weighted by molar-refractivity contribution is 7.18. The molecule has 0 spiro atoms. The number of thiophene rings is 1. The summed E-state index contributed by atoms with van der Waals surface area (Å²) < 4.78 is 0. The van der Waals surface area contributed by atoms with Crippen molar-refractivity contribution in [1.82, 2.24) is 0 Å². The van der Waals surface area contributed by atoms with Crippen LogP contribution in [0.5, 0.6) is 0 Å². The van der Waals surface area contributed by atoms with E-state index < -0.39 is 5.97 Å². The molecule has 0 unspecified atom stereocenters. The van der Waals surface area contributed by atoms with Crippen molar-refractivity contribution in [3.63, 3.8) is 0 Å². The standard InChI is InChI=1S/C32H22N2O2S/c33-22-26(32(35)36)21-23-11-13-24(14-12-23)30-19-20-31(37-30)25-15-17-29(18-16-25)34(27-7-3-1-4-8-27)28-9-5-2-6-10-28/h1-21H,(H,35,36). The van der Waals surface area contributed by atoms with Crippen molar-refractivity contribution in [2.24, 2.45) is 0 Å². The minimum atomic E-state index is -1.23. The summed E-state index contributed by atoms with van der Waals surface area (Å²) in [4.78, 5) is 15.6. The molecule has 5 rings (SSSR count). The fourth-order valence-corrected chi connectivity index (χ4v) is 5.09. The first-order chi connectivity index (χ1) is 18.1. The maximum absolute atomic E-state index is 11.1. The Morgan fingerprint density at radius 2 is 1.14 bits per heavy atom. The van der Waals surface area contributed by atoms with Crippen LogP contribution in [0.3, 0.4) is 0 Å². The van der Waals surface area contributed by atoms with Crippen molar-refractivity contribution in [3.05, 3.63) is 132 Å². The van der Waals surface area contributed by atoms with Crippen LogP contribution < -0.4 is 4.90 Å². The molecule has 0 saturated carbocycles. The first-order valence-corrected chi connectivity index (χ1v) is 12.5. The second kappa shape index (κ2) is 10.8. The number of nitriles is 1. The number of aliphatic carboxylic acids is 1. The summed E-state index contributed by atoms with van der Waals surface area (Å²) in [5, 5.41) is 18.0. The van der Waals surface area contributed by atoms with Gasteiger partial charge < -0.3 is 10.0 Å². The molecule has 5 aromatic rings. The molecule has 0 radical (unpaired) electrons. The number of nitrogens with zero attached hydrogens (tertiary/aromatic N) is 2. The van der Waals surface area contributed by atoms with Crippen molar-refractivity contribution in [3.8, 4) is 27.0 Å². The number of benzene rings is 4. The first-order valence-electron chi connectivity index (χ1n) is 11.7. The van der Waals surface area contributed by atoms with E-state index in [4.69, 9.17) is 10.4 Å². The topological polar surface area (TPSA) is 64.3 Å². The molecule has 1 N–H and O–H groups in total. The van der Waals surface area contributed by atoms with Crippen molar-refractivity contribution in [1.29, 1.82) is 5.26 Å². The van der Waals surface area contributed by atoms with Crippen LogP contribution in [0.25, 0.3) is 27.0 Å². The van der Waals surface area contributed by atoms with Crippen LogP contribution in [0.4, 0.5) is 17.1 Å². The van der Waals surface area contributed by atoms with E-state index in [9.17, 15) is 4.79 Å². The predicted molar refractivity (Wildman–Crippen MR) is 151 cm³/mol. The normalized spacial score (nSPS) is 11.1. The Balaban J connectivity index is 1.39. The van der Waals surface area contributed by atoms with Gasteiger partial charge in [0.1, 0.15) is 11.6 Å². The van der Waals surface area contributed by atoms with Gasteiger partial charge in [0.2, 0.25) is 0 Å². The Hall–Kier alpha value is -4.92. The molecule has 0 aliphatic rings. The average Bonchev–Trinajstić information content (AvgIpc) is 3.44. The molecule has 4 aromatic carbocycles. The summed E-state index contributed by atoms with van der Waals surface area (Å²) in [6.07, 6.45) is 1.38. The molecular weight excluding hydrogens is 476 g/mol.